The minimum absolute atomic E-state index is 0.260. The molecule has 1 heterocycles. The Morgan fingerprint density at radius 3 is 2.33 bits per heavy atom. The van der Waals surface area contributed by atoms with Crippen LogP contribution in [0, 0.1) is 13.8 Å². The molecule has 144 valence electrons. The van der Waals surface area contributed by atoms with E-state index in [2.05, 4.69) is 15.7 Å². The van der Waals surface area contributed by atoms with Crippen molar-refractivity contribution in [2.45, 2.75) is 46.7 Å². The van der Waals surface area contributed by atoms with Crippen LogP contribution in [0.4, 0.5) is 5.69 Å². The number of carbonyl (C=O) groups is 3. The number of amides is 2. The summed E-state index contributed by atoms with van der Waals surface area (Å²) in [4.78, 5) is 35.4. The van der Waals surface area contributed by atoms with Gasteiger partial charge in [0.25, 0.3) is 11.8 Å². The SMILES string of the molecule is CCCn1nc(C)c(C(=O)Nc2ccc(C(=O)NC(C)C(=O)O)cc2)c1C. The Labute approximate surface area is 157 Å². The van der Waals surface area contributed by atoms with Crippen molar-refractivity contribution in [1.82, 2.24) is 15.1 Å². The minimum atomic E-state index is -1.11. The molecule has 0 saturated carbocycles. The van der Waals surface area contributed by atoms with Crippen molar-refractivity contribution in [3.63, 3.8) is 0 Å². The van der Waals surface area contributed by atoms with Crippen LogP contribution in [0.25, 0.3) is 0 Å². The zero-order chi connectivity index (χ0) is 20.1. The van der Waals surface area contributed by atoms with Crippen LogP contribution in [-0.4, -0.2) is 38.7 Å². The molecule has 2 rings (SSSR count). The van der Waals surface area contributed by atoms with Crippen molar-refractivity contribution in [3.05, 3.63) is 46.8 Å². The monoisotopic (exact) mass is 372 g/mol. The third kappa shape index (κ3) is 4.72. The Bertz CT molecular complexity index is 855. The first-order chi connectivity index (χ1) is 12.7. The smallest absolute Gasteiger partial charge is 0.325 e. The molecular weight excluding hydrogens is 348 g/mol. The van der Waals surface area contributed by atoms with E-state index in [0.717, 1.165) is 18.7 Å². The molecule has 0 bridgehead atoms. The number of carboxylic acid groups (broad SMARTS) is 1. The number of aliphatic carboxylic acids is 1. The molecule has 0 fully saturated rings. The van der Waals surface area contributed by atoms with Gasteiger partial charge in [-0.2, -0.15) is 5.10 Å². The van der Waals surface area contributed by atoms with Crippen molar-refractivity contribution in [2.75, 3.05) is 5.32 Å². The summed E-state index contributed by atoms with van der Waals surface area (Å²) in [6.07, 6.45) is 0.924. The van der Waals surface area contributed by atoms with Crippen LogP contribution in [0.3, 0.4) is 0 Å². The van der Waals surface area contributed by atoms with Crippen molar-refractivity contribution in [3.8, 4) is 0 Å². The second-order valence-electron chi connectivity index (χ2n) is 6.33. The summed E-state index contributed by atoms with van der Waals surface area (Å²) in [6.45, 7) is 7.84. The fraction of sp³-hybridized carbons (Fsp3) is 0.368. The quantitative estimate of drug-likeness (QED) is 0.690. The lowest BCUT2D eigenvalue weighted by Gasteiger charge is -2.10. The maximum Gasteiger partial charge on any atom is 0.325 e. The third-order valence-corrected chi connectivity index (χ3v) is 4.17. The number of benzene rings is 1. The Hall–Kier alpha value is -3.16. The molecule has 1 unspecified atom stereocenters. The maximum atomic E-state index is 12.6. The highest BCUT2D eigenvalue weighted by molar-refractivity contribution is 6.06. The number of carbonyl (C=O) groups excluding carboxylic acids is 2. The average Bonchev–Trinajstić information content (AvgIpc) is 2.89. The summed E-state index contributed by atoms with van der Waals surface area (Å²) in [6, 6.07) is 5.26. The summed E-state index contributed by atoms with van der Waals surface area (Å²) in [5.41, 5.74) is 2.86. The molecule has 0 aliphatic heterocycles. The van der Waals surface area contributed by atoms with Crippen LogP contribution in [-0.2, 0) is 11.3 Å². The largest absolute Gasteiger partial charge is 0.480 e. The van der Waals surface area contributed by atoms with Crippen molar-refractivity contribution < 1.29 is 19.5 Å². The summed E-state index contributed by atoms with van der Waals surface area (Å²) in [5.74, 6) is -1.86. The number of carboxylic acids is 1. The van der Waals surface area contributed by atoms with Crippen LogP contribution in [0.15, 0.2) is 24.3 Å². The highest BCUT2D eigenvalue weighted by atomic mass is 16.4. The van der Waals surface area contributed by atoms with Crippen LogP contribution >= 0.6 is 0 Å². The molecule has 8 nitrogen and oxygen atoms in total. The maximum absolute atomic E-state index is 12.6. The molecule has 0 aliphatic rings. The molecule has 0 spiro atoms. The lowest BCUT2D eigenvalue weighted by molar-refractivity contribution is -0.138. The van der Waals surface area contributed by atoms with Gasteiger partial charge in [-0.1, -0.05) is 6.92 Å². The number of aromatic nitrogens is 2. The average molecular weight is 372 g/mol. The predicted molar refractivity (Wildman–Crippen MR) is 101 cm³/mol. The van der Waals surface area contributed by atoms with Gasteiger partial charge in [0.15, 0.2) is 0 Å². The van der Waals surface area contributed by atoms with Gasteiger partial charge >= 0.3 is 5.97 Å². The van der Waals surface area contributed by atoms with Gasteiger partial charge in [0, 0.05) is 23.5 Å². The minimum Gasteiger partial charge on any atom is -0.480 e. The number of nitrogens with zero attached hydrogens (tertiary/aromatic N) is 2. The van der Waals surface area contributed by atoms with E-state index >= 15 is 0 Å². The van der Waals surface area contributed by atoms with Gasteiger partial charge in [-0.05, 0) is 51.5 Å². The molecule has 1 aromatic carbocycles. The standard InChI is InChI=1S/C19H24N4O4/c1-5-10-23-13(4)16(11(2)22-23)18(25)21-15-8-6-14(7-9-15)17(24)20-12(3)19(26)27/h6-9,12H,5,10H2,1-4H3,(H,20,24)(H,21,25)(H,26,27). The lowest BCUT2D eigenvalue weighted by Crippen LogP contribution is -2.38. The molecule has 2 amide bonds. The van der Waals surface area contributed by atoms with Crippen LogP contribution < -0.4 is 10.6 Å². The van der Waals surface area contributed by atoms with Gasteiger partial charge < -0.3 is 15.7 Å². The van der Waals surface area contributed by atoms with E-state index in [1.807, 2.05) is 18.5 Å². The van der Waals surface area contributed by atoms with E-state index < -0.39 is 17.9 Å². The molecule has 27 heavy (non-hydrogen) atoms. The second-order valence-corrected chi connectivity index (χ2v) is 6.33. The van der Waals surface area contributed by atoms with Gasteiger partial charge in [0.2, 0.25) is 0 Å². The first-order valence-electron chi connectivity index (χ1n) is 8.73. The number of hydrogen-bond donors (Lipinski definition) is 3. The zero-order valence-corrected chi connectivity index (χ0v) is 15.9. The molecule has 2 aromatic rings. The van der Waals surface area contributed by atoms with E-state index in [1.165, 1.54) is 19.1 Å². The molecule has 1 aromatic heterocycles. The summed E-state index contributed by atoms with van der Waals surface area (Å²) in [5, 5.41) is 18.4. The van der Waals surface area contributed by atoms with Crippen molar-refractivity contribution >= 4 is 23.5 Å². The third-order valence-electron chi connectivity index (χ3n) is 4.17. The Morgan fingerprint density at radius 1 is 1.15 bits per heavy atom. The molecule has 1 atom stereocenters. The lowest BCUT2D eigenvalue weighted by atomic mass is 10.1. The van der Waals surface area contributed by atoms with Gasteiger partial charge in [-0.15, -0.1) is 0 Å². The summed E-state index contributed by atoms with van der Waals surface area (Å²) < 4.78 is 1.82. The van der Waals surface area contributed by atoms with Crippen LogP contribution in [0.1, 0.15) is 52.4 Å². The number of anilines is 1. The van der Waals surface area contributed by atoms with Crippen LogP contribution in [0.5, 0.6) is 0 Å². The van der Waals surface area contributed by atoms with E-state index in [9.17, 15) is 14.4 Å². The summed E-state index contributed by atoms with van der Waals surface area (Å²) >= 11 is 0. The second kappa shape index (κ2) is 8.48. The van der Waals surface area contributed by atoms with Gasteiger partial charge in [0.05, 0.1) is 11.3 Å². The summed E-state index contributed by atoms with van der Waals surface area (Å²) in [7, 11) is 0. The van der Waals surface area contributed by atoms with Crippen molar-refractivity contribution in [1.29, 1.82) is 0 Å². The molecular formula is C19H24N4O4. The van der Waals surface area contributed by atoms with Crippen molar-refractivity contribution in [2.24, 2.45) is 0 Å². The van der Waals surface area contributed by atoms with Gasteiger partial charge in [0.1, 0.15) is 6.04 Å². The van der Waals surface area contributed by atoms with E-state index in [1.54, 1.807) is 19.1 Å². The molecule has 0 aliphatic carbocycles. The first kappa shape index (κ1) is 20.2. The molecule has 0 saturated heterocycles. The zero-order valence-electron chi connectivity index (χ0n) is 15.9. The topological polar surface area (TPSA) is 113 Å². The number of rotatable bonds is 7. The fourth-order valence-corrected chi connectivity index (χ4v) is 2.70. The highest BCUT2D eigenvalue weighted by Gasteiger charge is 2.19. The van der Waals surface area contributed by atoms with E-state index in [-0.39, 0.29) is 5.91 Å². The highest BCUT2D eigenvalue weighted by Crippen LogP contribution is 2.17. The van der Waals surface area contributed by atoms with Gasteiger partial charge in [-0.25, -0.2) is 0 Å². The molecule has 3 N–H and O–H groups in total. The molecule has 0 radical (unpaired) electrons. The number of aryl methyl sites for hydroxylation is 2. The Balaban J connectivity index is 2.09. The first-order valence-corrected chi connectivity index (χ1v) is 8.73. The fourth-order valence-electron chi connectivity index (χ4n) is 2.70. The predicted octanol–water partition coefficient (Wildman–Crippen LogP) is 2.37. The normalized spacial score (nSPS) is 11.7. The molecule has 8 heteroatoms. The number of hydrogen-bond acceptors (Lipinski definition) is 4. The Morgan fingerprint density at radius 2 is 1.78 bits per heavy atom. The number of nitrogens with one attached hydrogen (secondary N) is 2. The van der Waals surface area contributed by atoms with E-state index in [0.29, 0.717) is 22.5 Å². The van der Waals surface area contributed by atoms with Crippen LogP contribution in [0.2, 0.25) is 0 Å². The van der Waals surface area contributed by atoms with E-state index in [4.69, 9.17) is 5.11 Å². The Kier molecular flexibility index (Phi) is 6.33. The van der Waals surface area contributed by atoms with Gasteiger partial charge in [-0.3, -0.25) is 19.1 Å².